The van der Waals surface area contributed by atoms with Gasteiger partial charge in [0.25, 0.3) is 0 Å². The standard InChI is InChI=1S/C8H15NO/c1-9-4-5-10-8(6-9)7-2-3-7/h7-8H,2-6H2,1H3/t8-/m0/s1. The van der Waals surface area contributed by atoms with E-state index in [1.165, 1.54) is 12.8 Å². The Hall–Kier alpha value is -0.0800. The van der Waals surface area contributed by atoms with Crippen molar-refractivity contribution in [2.45, 2.75) is 18.9 Å². The lowest BCUT2D eigenvalue weighted by atomic mass is 10.2. The van der Waals surface area contributed by atoms with Gasteiger partial charge in [0.1, 0.15) is 0 Å². The number of morpholine rings is 1. The van der Waals surface area contributed by atoms with E-state index in [1.54, 1.807) is 0 Å². The molecule has 1 saturated carbocycles. The summed E-state index contributed by atoms with van der Waals surface area (Å²) in [4.78, 5) is 2.37. The fourth-order valence-electron chi connectivity index (χ4n) is 1.56. The number of likely N-dealkylation sites (N-methyl/N-ethyl adjacent to an activating group) is 1. The van der Waals surface area contributed by atoms with Gasteiger partial charge in [-0.2, -0.15) is 0 Å². The summed E-state index contributed by atoms with van der Waals surface area (Å²) in [5, 5.41) is 0. The third-order valence-electron chi connectivity index (χ3n) is 2.44. The molecule has 2 rings (SSSR count). The van der Waals surface area contributed by atoms with Gasteiger partial charge in [-0.25, -0.2) is 0 Å². The molecule has 0 bridgehead atoms. The maximum absolute atomic E-state index is 5.63. The van der Waals surface area contributed by atoms with Crippen molar-refractivity contribution in [2.24, 2.45) is 5.92 Å². The summed E-state index contributed by atoms with van der Waals surface area (Å²) in [7, 11) is 2.18. The van der Waals surface area contributed by atoms with E-state index in [2.05, 4.69) is 11.9 Å². The van der Waals surface area contributed by atoms with E-state index in [-0.39, 0.29) is 0 Å². The molecule has 58 valence electrons. The molecule has 2 fully saturated rings. The van der Waals surface area contributed by atoms with E-state index >= 15 is 0 Å². The van der Waals surface area contributed by atoms with Crippen LogP contribution in [0.25, 0.3) is 0 Å². The van der Waals surface area contributed by atoms with E-state index in [0.717, 1.165) is 25.6 Å². The second-order valence-corrected chi connectivity index (χ2v) is 3.51. The second-order valence-electron chi connectivity index (χ2n) is 3.51. The highest BCUT2D eigenvalue weighted by atomic mass is 16.5. The van der Waals surface area contributed by atoms with Crippen molar-refractivity contribution in [3.63, 3.8) is 0 Å². The van der Waals surface area contributed by atoms with Gasteiger partial charge in [0, 0.05) is 13.1 Å². The van der Waals surface area contributed by atoms with E-state index < -0.39 is 0 Å². The van der Waals surface area contributed by atoms with Crippen molar-refractivity contribution in [1.82, 2.24) is 4.90 Å². The molecule has 0 aromatic carbocycles. The number of ether oxygens (including phenoxy) is 1. The SMILES string of the molecule is CN1CCO[C@H](C2CC2)C1. The summed E-state index contributed by atoms with van der Waals surface area (Å²) < 4.78 is 5.63. The van der Waals surface area contributed by atoms with Gasteiger partial charge < -0.3 is 9.64 Å². The van der Waals surface area contributed by atoms with Crippen LogP contribution in [-0.4, -0.2) is 37.7 Å². The molecule has 0 N–H and O–H groups in total. The maximum atomic E-state index is 5.63. The van der Waals surface area contributed by atoms with Gasteiger partial charge in [-0.3, -0.25) is 0 Å². The number of nitrogens with zero attached hydrogens (tertiary/aromatic N) is 1. The van der Waals surface area contributed by atoms with Crippen LogP contribution in [0.1, 0.15) is 12.8 Å². The van der Waals surface area contributed by atoms with Crippen molar-refractivity contribution in [3.8, 4) is 0 Å². The molecule has 1 aliphatic carbocycles. The quantitative estimate of drug-likeness (QED) is 0.533. The van der Waals surface area contributed by atoms with E-state index in [4.69, 9.17) is 4.74 Å². The molecule has 0 unspecified atom stereocenters. The fraction of sp³-hybridized carbons (Fsp3) is 1.00. The zero-order valence-corrected chi connectivity index (χ0v) is 6.55. The lowest BCUT2D eigenvalue weighted by molar-refractivity contribution is -0.0306. The highest BCUT2D eigenvalue weighted by Crippen LogP contribution is 2.35. The first-order valence-corrected chi connectivity index (χ1v) is 4.16. The minimum absolute atomic E-state index is 0.568. The molecule has 1 saturated heterocycles. The maximum Gasteiger partial charge on any atom is 0.0730 e. The van der Waals surface area contributed by atoms with Gasteiger partial charge in [-0.05, 0) is 25.8 Å². The van der Waals surface area contributed by atoms with E-state index in [1.807, 2.05) is 0 Å². The molecule has 0 aromatic heterocycles. The Labute approximate surface area is 62.2 Å². The molecular formula is C8H15NO. The molecule has 2 heteroatoms. The highest BCUT2D eigenvalue weighted by Gasteiger charge is 2.34. The zero-order valence-electron chi connectivity index (χ0n) is 6.55. The van der Waals surface area contributed by atoms with E-state index in [9.17, 15) is 0 Å². The van der Waals surface area contributed by atoms with Gasteiger partial charge in [0.05, 0.1) is 12.7 Å². The predicted octanol–water partition coefficient (Wildman–Crippen LogP) is 0.727. The average molecular weight is 141 g/mol. The highest BCUT2D eigenvalue weighted by molar-refractivity contribution is 4.85. The van der Waals surface area contributed by atoms with Crippen LogP contribution in [0, 0.1) is 5.92 Å². The summed E-state index contributed by atoms with van der Waals surface area (Å²) in [6.07, 6.45) is 3.37. The Morgan fingerprint density at radius 2 is 2.20 bits per heavy atom. The molecule has 0 aromatic rings. The first kappa shape index (κ1) is 6.62. The number of hydrogen-bond acceptors (Lipinski definition) is 2. The van der Waals surface area contributed by atoms with Crippen LogP contribution in [0.4, 0.5) is 0 Å². The predicted molar refractivity (Wildman–Crippen MR) is 40.0 cm³/mol. The van der Waals surface area contributed by atoms with Crippen molar-refractivity contribution >= 4 is 0 Å². The summed E-state index contributed by atoms with van der Waals surface area (Å²) >= 11 is 0. The van der Waals surface area contributed by atoms with Crippen molar-refractivity contribution in [1.29, 1.82) is 0 Å². The van der Waals surface area contributed by atoms with E-state index in [0.29, 0.717) is 6.10 Å². The van der Waals surface area contributed by atoms with Crippen LogP contribution in [0.15, 0.2) is 0 Å². The van der Waals surface area contributed by atoms with Crippen molar-refractivity contribution < 1.29 is 4.74 Å². The summed E-state index contributed by atoms with van der Waals surface area (Å²) in [5.74, 6) is 0.905. The molecule has 0 radical (unpaired) electrons. The monoisotopic (exact) mass is 141 g/mol. The normalized spacial score (nSPS) is 36.3. The lowest BCUT2D eigenvalue weighted by Gasteiger charge is -2.29. The molecule has 0 spiro atoms. The van der Waals surface area contributed by atoms with Gasteiger partial charge in [-0.15, -0.1) is 0 Å². The topological polar surface area (TPSA) is 12.5 Å². The van der Waals surface area contributed by atoms with Crippen molar-refractivity contribution in [3.05, 3.63) is 0 Å². The minimum Gasteiger partial charge on any atom is -0.375 e. The minimum atomic E-state index is 0.568. The Balaban J connectivity index is 1.84. The van der Waals surface area contributed by atoms with Gasteiger partial charge in [0.2, 0.25) is 0 Å². The summed E-state index contributed by atoms with van der Waals surface area (Å²) in [5.41, 5.74) is 0. The number of rotatable bonds is 1. The van der Waals surface area contributed by atoms with Gasteiger partial charge in [-0.1, -0.05) is 0 Å². The Morgan fingerprint density at radius 1 is 1.40 bits per heavy atom. The molecule has 1 heterocycles. The Morgan fingerprint density at radius 3 is 2.80 bits per heavy atom. The van der Waals surface area contributed by atoms with Crippen LogP contribution in [0.3, 0.4) is 0 Å². The van der Waals surface area contributed by atoms with Gasteiger partial charge >= 0.3 is 0 Å². The van der Waals surface area contributed by atoms with Crippen LogP contribution >= 0.6 is 0 Å². The Bertz CT molecular complexity index is 122. The van der Waals surface area contributed by atoms with Crippen LogP contribution in [0.2, 0.25) is 0 Å². The fourth-order valence-corrected chi connectivity index (χ4v) is 1.56. The molecule has 1 atom stereocenters. The van der Waals surface area contributed by atoms with Crippen LogP contribution in [0.5, 0.6) is 0 Å². The molecule has 2 nitrogen and oxygen atoms in total. The Kier molecular flexibility index (Phi) is 1.66. The van der Waals surface area contributed by atoms with Crippen LogP contribution in [-0.2, 0) is 4.74 Å². The largest absolute Gasteiger partial charge is 0.375 e. The zero-order chi connectivity index (χ0) is 6.97. The second kappa shape index (κ2) is 2.51. The molecule has 10 heavy (non-hydrogen) atoms. The van der Waals surface area contributed by atoms with Crippen LogP contribution < -0.4 is 0 Å². The summed E-state index contributed by atoms with van der Waals surface area (Å²) in [6, 6.07) is 0. The molecular weight excluding hydrogens is 126 g/mol. The average Bonchev–Trinajstić information content (AvgIpc) is 2.68. The third-order valence-corrected chi connectivity index (χ3v) is 2.44. The molecule has 0 amide bonds. The third kappa shape index (κ3) is 1.32. The molecule has 1 aliphatic heterocycles. The van der Waals surface area contributed by atoms with Gasteiger partial charge in [0.15, 0.2) is 0 Å². The first-order valence-electron chi connectivity index (χ1n) is 4.16. The molecule has 2 aliphatic rings. The van der Waals surface area contributed by atoms with Crippen molar-refractivity contribution in [2.75, 3.05) is 26.7 Å². The number of hydrogen-bond donors (Lipinski definition) is 0. The summed E-state index contributed by atoms with van der Waals surface area (Å²) in [6.45, 7) is 3.21. The smallest absolute Gasteiger partial charge is 0.0730 e. The first-order chi connectivity index (χ1) is 4.86. The lowest BCUT2D eigenvalue weighted by Crippen LogP contribution is -2.40.